The molecule has 0 aromatic rings. The summed E-state index contributed by atoms with van der Waals surface area (Å²) in [6.45, 7) is 8.18. The normalized spacial score (nSPS) is 39.0. The van der Waals surface area contributed by atoms with Crippen LogP contribution in [0, 0.1) is 11.8 Å². The third-order valence-electron chi connectivity index (χ3n) is 6.16. The molecule has 2 bridgehead atoms. The first kappa shape index (κ1) is 14.8. The van der Waals surface area contributed by atoms with Crippen molar-refractivity contribution in [1.29, 1.82) is 0 Å². The minimum atomic E-state index is 0.372. The molecule has 1 aliphatic heterocycles. The Morgan fingerprint density at radius 2 is 1.90 bits per heavy atom. The fourth-order valence-electron chi connectivity index (χ4n) is 4.94. The molecule has 2 saturated carbocycles. The van der Waals surface area contributed by atoms with Gasteiger partial charge in [0.1, 0.15) is 0 Å². The lowest BCUT2D eigenvalue weighted by Crippen LogP contribution is -2.62. The third kappa shape index (κ3) is 2.63. The summed E-state index contributed by atoms with van der Waals surface area (Å²) in [5.41, 5.74) is 6.63. The van der Waals surface area contributed by atoms with Gasteiger partial charge in [-0.3, -0.25) is 9.80 Å². The first-order valence-corrected chi connectivity index (χ1v) is 8.46. The highest BCUT2D eigenvalue weighted by molar-refractivity contribution is 5.08. The van der Waals surface area contributed by atoms with E-state index in [9.17, 15) is 0 Å². The van der Waals surface area contributed by atoms with Crippen molar-refractivity contribution < 1.29 is 0 Å². The van der Waals surface area contributed by atoms with Gasteiger partial charge < -0.3 is 10.6 Å². The second-order valence-corrected chi connectivity index (χ2v) is 7.52. The van der Waals surface area contributed by atoms with Crippen LogP contribution < -0.4 is 5.73 Å². The number of nitrogens with two attached hydrogens (primary N) is 1. The largest absolute Gasteiger partial charge is 0.329 e. The zero-order valence-corrected chi connectivity index (χ0v) is 13.4. The molecule has 0 radical (unpaired) electrons. The fourth-order valence-corrected chi connectivity index (χ4v) is 4.94. The lowest BCUT2D eigenvalue weighted by Gasteiger charge is -2.50. The van der Waals surface area contributed by atoms with Gasteiger partial charge in [-0.1, -0.05) is 6.42 Å². The SMILES string of the molecule is CN(C)CCN1CCN(C2(CN)CC3CCC2C3)CC1. The molecule has 20 heavy (non-hydrogen) atoms. The van der Waals surface area contributed by atoms with Crippen LogP contribution >= 0.6 is 0 Å². The number of hydrogen-bond acceptors (Lipinski definition) is 4. The minimum absolute atomic E-state index is 0.372. The summed E-state index contributed by atoms with van der Waals surface area (Å²) in [6, 6.07) is 0. The molecule has 3 atom stereocenters. The molecule has 0 aromatic carbocycles. The Labute approximate surface area is 124 Å². The maximum Gasteiger partial charge on any atom is 0.0363 e. The molecular formula is C16H32N4. The average molecular weight is 280 g/mol. The van der Waals surface area contributed by atoms with E-state index in [0.717, 1.165) is 18.4 Å². The molecule has 2 aliphatic carbocycles. The van der Waals surface area contributed by atoms with Crippen LogP contribution in [0.15, 0.2) is 0 Å². The zero-order chi connectivity index (χ0) is 14.2. The molecule has 0 amide bonds. The van der Waals surface area contributed by atoms with E-state index < -0.39 is 0 Å². The molecule has 0 aromatic heterocycles. The fraction of sp³-hybridized carbons (Fsp3) is 1.00. The van der Waals surface area contributed by atoms with Gasteiger partial charge in [-0.15, -0.1) is 0 Å². The van der Waals surface area contributed by atoms with Crippen LogP contribution in [0.4, 0.5) is 0 Å². The van der Waals surface area contributed by atoms with E-state index in [0.29, 0.717) is 5.54 Å². The lowest BCUT2D eigenvalue weighted by atomic mass is 9.79. The van der Waals surface area contributed by atoms with Crippen LogP contribution in [0.5, 0.6) is 0 Å². The van der Waals surface area contributed by atoms with Gasteiger partial charge in [0, 0.05) is 51.4 Å². The molecule has 116 valence electrons. The lowest BCUT2D eigenvalue weighted by molar-refractivity contribution is 0.000624. The number of hydrogen-bond donors (Lipinski definition) is 1. The maximum absolute atomic E-state index is 6.26. The summed E-state index contributed by atoms with van der Waals surface area (Å²) in [5.74, 6) is 1.88. The van der Waals surface area contributed by atoms with Crippen molar-refractivity contribution in [3.8, 4) is 0 Å². The highest BCUT2D eigenvalue weighted by atomic mass is 15.3. The van der Waals surface area contributed by atoms with Gasteiger partial charge in [-0.2, -0.15) is 0 Å². The molecule has 2 N–H and O–H groups in total. The molecule has 4 nitrogen and oxygen atoms in total. The van der Waals surface area contributed by atoms with E-state index in [1.165, 1.54) is 65.0 Å². The van der Waals surface area contributed by atoms with Crippen molar-refractivity contribution in [2.24, 2.45) is 17.6 Å². The van der Waals surface area contributed by atoms with Crippen molar-refractivity contribution in [3.05, 3.63) is 0 Å². The number of piperazine rings is 1. The quantitative estimate of drug-likeness (QED) is 0.803. The molecule has 3 rings (SSSR count). The molecule has 3 fully saturated rings. The van der Waals surface area contributed by atoms with Crippen molar-refractivity contribution in [2.75, 3.05) is 59.9 Å². The van der Waals surface area contributed by atoms with Crippen LogP contribution in [0.25, 0.3) is 0 Å². The Morgan fingerprint density at radius 3 is 2.40 bits per heavy atom. The van der Waals surface area contributed by atoms with E-state index >= 15 is 0 Å². The minimum Gasteiger partial charge on any atom is -0.329 e. The van der Waals surface area contributed by atoms with Crippen LogP contribution in [0.3, 0.4) is 0 Å². The number of rotatable bonds is 5. The van der Waals surface area contributed by atoms with E-state index in [2.05, 4.69) is 28.8 Å². The third-order valence-corrected chi connectivity index (χ3v) is 6.16. The molecule has 1 heterocycles. The summed E-state index contributed by atoms with van der Waals surface area (Å²) in [4.78, 5) is 7.67. The topological polar surface area (TPSA) is 35.7 Å². The Bertz CT molecular complexity index is 324. The van der Waals surface area contributed by atoms with E-state index in [1.54, 1.807) is 0 Å². The first-order valence-electron chi connectivity index (χ1n) is 8.46. The molecule has 1 saturated heterocycles. The predicted octanol–water partition coefficient (Wildman–Crippen LogP) is 0.683. The Balaban J connectivity index is 1.55. The summed E-state index contributed by atoms with van der Waals surface area (Å²) in [6.07, 6.45) is 5.74. The van der Waals surface area contributed by atoms with Gasteiger partial charge in [-0.05, 0) is 45.2 Å². The molecule has 0 spiro atoms. The van der Waals surface area contributed by atoms with Gasteiger partial charge >= 0.3 is 0 Å². The van der Waals surface area contributed by atoms with Crippen LogP contribution in [0.2, 0.25) is 0 Å². The highest BCUT2D eigenvalue weighted by Crippen LogP contribution is 2.53. The monoisotopic (exact) mass is 280 g/mol. The van der Waals surface area contributed by atoms with Gasteiger partial charge in [-0.25, -0.2) is 0 Å². The van der Waals surface area contributed by atoms with Gasteiger partial charge in [0.05, 0.1) is 0 Å². The Kier molecular flexibility index (Phi) is 4.37. The average Bonchev–Trinajstić information content (AvgIpc) is 3.06. The zero-order valence-electron chi connectivity index (χ0n) is 13.4. The second kappa shape index (κ2) is 5.91. The van der Waals surface area contributed by atoms with Crippen LogP contribution in [-0.4, -0.2) is 80.1 Å². The summed E-state index contributed by atoms with van der Waals surface area (Å²) in [5, 5.41) is 0. The summed E-state index contributed by atoms with van der Waals surface area (Å²) >= 11 is 0. The van der Waals surface area contributed by atoms with Gasteiger partial charge in [0.2, 0.25) is 0 Å². The predicted molar refractivity (Wildman–Crippen MR) is 83.8 cm³/mol. The Morgan fingerprint density at radius 1 is 1.15 bits per heavy atom. The van der Waals surface area contributed by atoms with E-state index in [-0.39, 0.29) is 0 Å². The second-order valence-electron chi connectivity index (χ2n) is 7.52. The summed E-state index contributed by atoms with van der Waals surface area (Å²) in [7, 11) is 4.32. The number of fused-ring (bicyclic) bond motifs is 2. The van der Waals surface area contributed by atoms with Crippen LogP contribution in [0.1, 0.15) is 25.7 Å². The molecular weight excluding hydrogens is 248 g/mol. The summed E-state index contributed by atoms with van der Waals surface area (Å²) < 4.78 is 0. The van der Waals surface area contributed by atoms with Crippen LogP contribution in [-0.2, 0) is 0 Å². The van der Waals surface area contributed by atoms with Crippen molar-refractivity contribution in [3.63, 3.8) is 0 Å². The molecule has 3 aliphatic rings. The number of likely N-dealkylation sites (N-methyl/N-ethyl adjacent to an activating group) is 1. The van der Waals surface area contributed by atoms with Gasteiger partial charge in [0.15, 0.2) is 0 Å². The maximum atomic E-state index is 6.26. The Hall–Kier alpha value is -0.160. The van der Waals surface area contributed by atoms with E-state index in [1.807, 2.05) is 0 Å². The molecule has 4 heteroatoms. The first-order chi connectivity index (χ1) is 9.64. The highest BCUT2D eigenvalue weighted by Gasteiger charge is 2.53. The van der Waals surface area contributed by atoms with Gasteiger partial charge in [0.25, 0.3) is 0 Å². The number of nitrogens with zero attached hydrogens (tertiary/aromatic N) is 3. The van der Waals surface area contributed by atoms with E-state index in [4.69, 9.17) is 5.73 Å². The van der Waals surface area contributed by atoms with Crippen molar-refractivity contribution >= 4 is 0 Å². The molecule has 3 unspecified atom stereocenters. The van der Waals surface area contributed by atoms with Crippen molar-refractivity contribution in [2.45, 2.75) is 31.2 Å². The van der Waals surface area contributed by atoms with Crippen molar-refractivity contribution in [1.82, 2.24) is 14.7 Å². The smallest absolute Gasteiger partial charge is 0.0363 e. The standard InChI is InChI=1S/C16H32N4/c1-18(2)5-6-19-7-9-20(10-8-19)16(13-17)12-14-3-4-15(16)11-14/h14-15H,3-13,17H2,1-2H3.